The smallest absolute Gasteiger partial charge is 0.328 e. The summed E-state index contributed by atoms with van der Waals surface area (Å²) >= 11 is 0. The van der Waals surface area contributed by atoms with Gasteiger partial charge in [0.2, 0.25) is 5.91 Å². The molecule has 0 unspecified atom stereocenters. The van der Waals surface area contributed by atoms with Gasteiger partial charge in [-0.15, -0.1) is 0 Å². The molecule has 7 heteroatoms. The summed E-state index contributed by atoms with van der Waals surface area (Å²) in [7, 11) is 0. The molecule has 1 N–H and O–H groups in total. The van der Waals surface area contributed by atoms with Crippen LogP contribution in [0.5, 0.6) is 0 Å². The van der Waals surface area contributed by atoms with Gasteiger partial charge in [0.05, 0.1) is 6.61 Å². The predicted octanol–water partition coefficient (Wildman–Crippen LogP) is 2.29. The second-order valence-corrected chi connectivity index (χ2v) is 8.70. The number of rotatable bonds is 2. The molecule has 1 aromatic rings. The van der Waals surface area contributed by atoms with Crippen LogP contribution in [0, 0.1) is 12.3 Å². The largest absolute Gasteiger partial charge is 0.480 e. The molecule has 7 nitrogen and oxygen atoms in total. The van der Waals surface area contributed by atoms with Crippen LogP contribution in [-0.4, -0.2) is 64.2 Å². The van der Waals surface area contributed by atoms with Crippen LogP contribution in [0.25, 0.3) is 0 Å². The summed E-state index contributed by atoms with van der Waals surface area (Å²) in [5, 5.41) is 9.66. The Morgan fingerprint density at radius 3 is 2.36 bits per heavy atom. The van der Waals surface area contributed by atoms with E-state index in [0.717, 1.165) is 5.56 Å². The number of aryl methyl sites for hydroxylation is 1. The summed E-state index contributed by atoms with van der Waals surface area (Å²) in [6.07, 6.45) is 0.798. The molecule has 0 saturated carbocycles. The van der Waals surface area contributed by atoms with Gasteiger partial charge in [0.1, 0.15) is 5.72 Å². The molecule has 0 radical (unpaired) electrons. The van der Waals surface area contributed by atoms with Crippen molar-refractivity contribution in [2.45, 2.75) is 52.3 Å². The van der Waals surface area contributed by atoms with Crippen LogP contribution < -0.4 is 0 Å². The zero-order valence-corrected chi connectivity index (χ0v) is 16.9. The zero-order chi connectivity index (χ0) is 20.7. The Morgan fingerprint density at radius 2 is 1.82 bits per heavy atom. The molecule has 0 aliphatic carbocycles. The average Bonchev–Trinajstić information content (AvgIpc) is 2.99. The molecular formula is C21H28N2O5. The number of carboxylic acid groups (broad SMARTS) is 1. The van der Waals surface area contributed by atoms with Crippen molar-refractivity contribution in [3.63, 3.8) is 0 Å². The fraction of sp³-hybridized carbons (Fsp3) is 0.571. The lowest BCUT2D eigenvalue weighted by Crippen LogP contribution is -2.59. The van der Waals surface area contributed by atoms with Crippen molar-refractivity contribution in [2.75, 3.05) is 19.7 Å². The van der Waals surface area contributed by atoms with Crippen LogP contribution in [0.2, 0.25) is 0 Å². The van der Waals surface area contributed by atoms with Crippen molar-refractivity contribution < 1.29 is 24.2 Å². The lowest BCUT2D eigenvalue weighted by Gasteiger charge is -2.45. The molecule has 0 aromatic heterocycles. The molecule has 2 aliphatic rings. The van der Waals surface area contributed by atoms with E-state index in [4.69, 9.17) is 4.74 Å². The topological polar surface area (TPSA) is 87.2 Å². The Morgan fingerprint density at radius 1 is 1.18 bits per heavy atom. The molecular weight excluding hydrogens is 360 g/mol. The van der Waals surface area contributed by atoms with Gasteiger partial charge >= 0.3 is 5.97 Å². The van der Waals surface area contributed by atoms with Crippen molar-refractivity contribution in [2.24, 2.45) is 5.41 Å². The first-order valence-electron chi connectivity index (χ1n) is 9.62. The quantitative estimate of drug-likeness (QED) is 0.840. The highest BCUT2D eigenvalue weighted by atomic mass is 16.5. The second kappa shape index (κ2) is 7.20. The minimum Gasteiger partial charge on any atom is -0.480 e. The number of amides is 2. The molecule has 2 amide bonds. The fourth-order valence-electron chi connectivity index (χ4n) is 4.01. The van der Waals surface area contributed by atoms with Crippen LogP contribution in [0.1, 0.15) is 49.5 Å². The van der Waals surface area contributed by atoms with E-state index in [9.17, 15) is 19.5 Å². The Balaban J connectivity index is 1.87. The molecule has 2 heterocycles. The van der Waals surface area contributed by atoms with Gasteiger partial charge < -0.3 is 14.7 Å². The van der Waals surface area contributed by atoms with Crippen molar-refractivity contribution in [3.8, 4) is 0 Å². The normalized spacial score (nSPS) is 21.8. The third-order valence-electron chi connectivity index (χ3n) is 5.50. The number of hydrogen-bond acceptors (Lipinski definition) is 4. The molecule has 0 bridgehead atoms. The molecule has 1 spiro atoms. The number of hydrogen-bond donors (Lipinski definition) is 1. The number of nitrogens with zero attached hydrogens (tertiary/aromatic N) is 2. The number of carbonyl (C=O) groups is 3. The first-order chi connectivity index (χ1) is 13.0. The van der Waals surface area contributed by atoms with E-state index >= 15 is 0 Å². The van der Waals surface area contributed by atoms with Crippen LogP contribution in [0.3, 0.4) is 0 Å². The number of carbonyl (C=O) groups excluding carboxylic acids is 2. The maximum atomic E-state index is 13.3. The number of likely N-dealkylation sites (tertiary alicyclic amines) is 1. The maximum Gasteiger partial charge on any atom is 0.328 e. The summed E-state index contributed by atoms with van der Waals surface area (Å²) in [6, 6.07) is 6.09. The summed E-state index contributed by atoms with van der Waals surface area (Å²) in [4.78, 5) is 40.8. The standard InChI is InChI=1S/C21H28N2O5/c1-14-6-5-7-15(12-14)17(24)23-16(18(25)26)13-28-21(23)8-10-22(11-9-21)19(27)20(2,3)4/h5-7,12,16H,8-11,13H2,1-4H3,(H,25,26)/t16-/m1/s1. The lowest BCUT2D eigenvalue weighted by atomic mass is 9.91. The monoisotopic (exact) mass is 388 g/mol. The number of piperidine rings is 1. The van der Waals surface area contributed by atoms with Crippen molar-refractivity contribution >= 4 is 17.8 Å². The van der Waals surface area contributed by atoms with E-state index < -0.39 is 23.2 Å². The van der Waals surface area contributed by atoms with Gasteiger partial charge in [-0.25, -0.2) is 4.79 Å². The third kappa shape index (κ3) is 3.63. The number of carboxylic acids is 1. The first kappa shape index (κ1) is 20.3. The van der Waals surface area contributed by atoms with E-state index in [2.05, 4.69) is 0 Å². The van der Waals surface area contributed by atoms with Crippen LogP contribution in [0.15, 0.2) is 24.3 Å². The van der Waals surface area contributed by atoms with E-state index in [1.807, 2.05) is 33.8 Å². The number of ether oxygens (including phenoxy) is 1. The van der Waals surface area contributed by atoms with Gasteiger partial charge in [-0.2, -0.15) is 0 Å². The van der Waals surface area contributed by atoms with Crippen molar-refractivity contribution in [1.82, 2.24) is 9.80 Å². The van der Waals surface area contributed by atoms with Gasteiger partial charge in [-0.05, 0) is 19.1 Å². The Labute approximate surface area is 165 Å². The molecule has 28 heavy (non-hydrogen) atoms. The Kier molecular flexibility index (Phi) is 5.23. The predicted molar refractivity (Wildman–Crippen MR) is 103 cm³/mol. The molecule has 152 valence electrons. The van der Waals surface area contributed by atoms with E-state index in [1.165, 1.54) is 4.90 Å². The third-order valence-corrected chi connectivity index (χ3v) is 5.50. The average molecular weight is 388 g/mol. The minimum absolute atomic E-state index is 0.0416. The lowest BCUT2D eigenvalue weighted by molar-refractivity contribution is -0.152. The zero-order valence-electron chi connectivity index (χ0n) is 16.9. The van der Waals surface area contributed by atoms with Gasteiger partial charge in [0.15, 0.2) is 6.04 Å². The molecule has 3 rings (SSSR count). The SMILES string of the molecule is Cc1cccc(C(=O)N2[C@@H](C(=O)O)COC23CCN(C(=O)C(C)(C)C)CC3)c1. The number of aliphatic carboxylic acids is 1. The molecule has 2 fully saturated rings. The minimum atomic E-state index is -1.08. The van der Waals surface area contributed by atoms with Gasteiger partial charge in [-0.1, -0.05) is 38.5 Å². The number of benzene rings is 1. The maximum absolute atomic E-state index is 13.3. The van der Waals surface area contributed by atoms with Crippen LogP contribution >= 0.6 is 0 Å². The summed E-state index contributed by atoms with van der Waals surface area (Å²) < 4.78 is 5.94. The molecule has 2 aliphatic heterocycles. The summed E-state index contributed by atoms with van der Waals surface area (Å²) in [5.41, 5.74) is -0.0953. The van der Waals surface area contributed by atoms with Gasteiger partial charge in [0, 0.05) is 36.9 Å². The Hall–Kier alpha value is -2.41. The first-order valence-corrected chi connectivity index (χ1v) is 9.62. The highest BCUT2D eigenvalue weighted by molar-refractivity contribution is 5.97. The van der Waals surface area contributed by atoms with E-state index in [1.54, 1.807) is 23.1 Å². The molecule has 2 saturated heterocycles. The van der Waals surface area contributed by atoms with E-state index in [-0.39, 0.29) is 18.4 Å². The summed E-state index contributed by atoms with van der Waals surface area (Å²) in [6.45, 7) is 8.33. The summed E-state index contributed by atoms with van der Waals surface area (Å²) in [5.74, 6) is -1.37. The van der Waals surface area contributed by atoms with Crippen LogP contribution in [0.4, 0.5) is 0 Å². The highest BCUT2D eigenvalue weighted by Crippen LogP contribution is 2.39. The molecule has 1 aromatic carbocycles. The van der Waals surface area contributed by atoms with Crippen LogP contribution in [-0.2, 0) is 14.3 Å². The van der Waals surface area contributed by atoms with E-state index in [0.29, 0.717) is 31.5 Å². The van der Waals surface area contributed by atoms with Crippen molar-refractivity contribution in [1.29, 1.82) is 0 Å². The Bertz CT molecular complexity index is 790. The van der Waals surface area contributed by atoms with Crippen molar-refractivity contribution in [3.05, 3.63) is 35.4 Å². The highest BCUT2D eigenvalue weighted by Gasteiger charge is 2.54. The fourth-order valence-corrected chi connectivity index (χ4v) is 4.01. The van der Waals surface area contributed by atoms with Gasteiger partial charge in [-0.3, -0.25) is 14.5 Å². The molecule has 1 atom stereocenters. The second-order valence-electron chi connectivity index (χ2n) is 8.70. The van der Waals surface area contributed by atoms with Gasteiger partial charge in [0.25, 0.3) is 5.91 Å².